The van der Waals surface area contributed by atoms with Crippen molar-refractivity contribution in [2.75, 3.05) is 6.61 Å². The second-order valence-corrected chi connectivity index (χ2v) is 2.25. The maximum atomic E-state index is 10.0. The van der Waals surface area contributed by atoms with Gasteiger partial charge in [-0.15, -0.1) is 0 Å². The first kappa shape index (κ1) is 7.28. The van der Waals surface area contributed by atoms with Gasteiger partial charge in [-0.1, -0.05) is 12.2 Å². The number of hydrogen-bond donors (Lipinski definition) is 1. The lowest BCUT2D eigenvalue weighted by Gasteiger charge is -2.05. The quantitative estimate of drug-likeness (QED) is 0.593. The molecule has 1 unspecified atom stereocenters. The SMILES string of the molecule is O=C(O)COC1C=CCC1. The molecule has 0 aromatic heterocycles. The highest BCUT2D eigenvalue weighted by molar-refractivity contribution is 5.68. The van der Waals surface area contributed by atoms with Crippen LogP contribution in [0.2, 0.25) is 0 Å². The van der Waals surface area contributed by atoms with Crippen molar-refractivity contribution in [2.45, 2.75) is 18.9 Å². The third-order valence-electron chi connectivity index (χ3n) is 1.39. The number of rotatable bonds is 3. The number of allylic oxidation sites excluding steroid dienone is 1. The molecule has 1 aliphatic carbocycles. The third-order valence-corrected chi connectivity index (χ3v) is 1.39. The van der Waals surface area contributed by atoms with E-state index in [0.717, 1.165) is 12.8 Å². The predicted octanol–water partition coefficient (Wildman–Crippen LogP) is 0.806. The van der Waals surface area contributed by atoms with Crippen molar-refractivity contribution >= 4 is 5.97 Å². The summed E-state index contributed by atoms with van der Waals surface area (Å²) in [5, 5.41) is 8.22. The summed E-state index contributed by atoms with van der Waals surface area (Å²) in [4.78, 5) is 10.0. The number of carboxylic acids is 1. The van der Waals surface area contributed by atoms with Gasteiger partial charge in [0, 0.05) is 0 Å². The molecule has 0 spiro atoms. The van der Waals surface area contributed by atoms with Gasteiger partial charge in [-0.2, -0.15) is 0 Å². The Hall–Kier alpha value is -0.830. The first-order valence-electron chi connectivity index (χ1n) is 3.29. The fourth-order valence-electron chi connectivity index (χ4n) is 0.922. The van der Waals surface area contributed by atoms with Gasteiger partial charge >= 0.3 is 5.97 Å². The molecule has 0 saturated carbocycles. The van der Waals surface area contributed by atoms with E-state index < -0.39 is 5.97 Å². The smallest absolute Gasteiger partial charge is 0.329 e. The Labute approximate surface area is 59.3 Å². The zero-order chi connectivity index (χ0) is 7.40. The Morgan fingerprint density at radius 1 is 1.80 bits per heavy atom. The molecule has 0 saturated heterocycles. The van der Waals surface area contributed by atoms with Gasteiger partial charge in [-0.05, 0) is 12.8 Å². The molecule has 56 valence electrons. The maximum Gasteiger partial charge on any atom is 0.329 e. The van der Waals surface area contributed by atoms with Gasteiger partial charge in [0.15, 0.2) is 0 Å². The van der Waals surface area contributed by atoms with Crippen molar-refractivity contribution in [3.8, 4) is 0 Å². The highest BCUT2D eigenvalue weighted by atomic mass is 16.5. The molecule has 1 rings (SSSR count). The highest BCUT2D eigenvalue weighted by Crippen LogP contribution is 2.12. The Kier molecular flexibility index (Phi) is 2.45. The minimum Gasteiger partial charge on any atom is -0.480 e. The average Bonchev–Trinajstić information content (AvgIpc) is 2.34. The average molecular weight is 142 g/mol. The normalized spacial score (nSPS) is 23.4. The van der Waals surface area contributed by atoms with Crippen LogP contribution in [0.25, 0.3) is 0 Å². The summed E-state index contributed by atoms with van der Waals surface area (Å²) < 4.78 is 4.98. The summed E-state index contributed by atoms with van der Waals surface area (Å²) in [5.41, 5.74) is 0. The minimum absolute atomic E-state index is 0.0381. The topological polar surface area (TPSA) is 46.5 Å². The molecule has 0 aliphatic heterocycles. The Morgan fingerprint density at radius 2 is 2.60 bits per heavy atom. The zero-order valence-electron chi connectivity index (χ0n) is 5.62. The fraction of sp³-hybridized carbons (Fsp3) is 0.571. The summed E-state index contributed by atoms with van der Waals surface area (Å²) in [6.07, 6.45) is 5.88. The molecule has 1 atom stereocenters. The van der Waals surface area contributed by atoms with Gasteiger partial charge in [0.25, 0.3) is 0 Å². The summed E-state index contributed by atoms with van der Waals surface area (Å²) >= 11 is 0. The van der Waals surface area contributed by atoms with Gasteiger partial charge in [-0.3, -0.25) is 0 Å². The summed E-state index contributed by atoms with van der Waals surface area (Å²) in [6, 6.07) is 0. The molecule has 0 fully saturated rings. The van der Waals surface area contributed by atoms with E-state index in [2.05, 4.69) is 0 Å². The Bertz CT molecular complexity index is 151. The molecular formula is C7H10O3. The second-order valence-electron chi connectivity index (χ2n) is 2.25. The van der Waals surface area contributed by atoms with Gasteiger partial charge < -0.3 is 9.84 Å². The molecular weight excluding hydrogens is 132 g/mol. The number of carbonyl (C=O) groups is 1. The molecule has 10 heavy (non-hydrogen) atoms. The molecule has 3 heteroatoms. The Balaban J connectivity index is 2.13. The standard InChI is InChI=1S/C7H10O3/c8-7(9)5-10-6-3-1-2-4-6/h1,3,6H,2,4-5H2,(H,8,9). The fourth-order valence-corrected chi connectivity index (χ4v) is 0.922. The van der Waals surface area contributed by atoms with E-state index in [9.17, 15) is 4.79 Å². The van der Waals surface area contributed by atoms with Gasteiger partial charge in [0.1, 0.15) is 6.61 Å². The van der Waals surface area contributed by atoms with Crippen LogP contribution in [0, 0.1) is 0 Å². The predicted molar refractivity (Wildman–Crippen MR) is 35.7 cm³/mol. The molecule has 0 amide bonds. The van der Waals surface area contributed by atoms with Crippen LogP contribution in [-0.4, -0.2) is 23.8 Å². The lowest BCUT2D eigenvalue weighted by Crippen LogP contribution is -2.13. The molecule has 1 aliphatic rings. The minimum atomic E-state index is -0.902. The van der Waals surface area contributed by atoms with E-state index >= 15 is 0 Å². The van der Waals surface area contributed by atoms with Crippen molar-refractivity contribution in [2.24, 2.45) is 0 Å². The summed E-state index contributed by atoms with van der Waals surface area (Å²) in [6.45, 7) is -0.186. The zero-order valence-corrected chi connectivity index (χ0v) is 5.62. The third kappa shape index (κ3) is 2.19. The van der Waals surface area contributed by atoms with Gasteiger partial charge in [0.2, 0.25) is 0 Å². The lowest BCUT2D eigenvalue weighted by atomic mass is 10.3. The van der Waals surface area contributed by atoms with E-state index in [-0.39, 0.29) is 12.7 Å². The van der Waals surface area contributed by atoms with Crippen molar-refractivity contribution < 1.29 is 14.6 Å². The summed E-state index contributed by atoms with van der Waals surface area (Å²) in [7, 11) is 0. The van der Waals surface area contributed by atoms with Crippen molar-refractivity contribution in [3.05, 3.63) is 12.2 Å². The van der Waals surface area contributed by atoms with Crippen LogP contribution in [0.4, 0.5) is 0 Å². The van der Waals surface area contributed by atoms with E-state index in [0.29, 0.717) is 0 Å². The van der Waals surface area contributed by atoms with Gasteiger partial charge in [-0.25, -0.2) is 4.79 Å². The first-order valence-corrected chi connectivity index (χ1v) is 3.29. The number of aliphatic carboxylic acids is 1. The van der Waals surface area contributed by atoms with Gasteiger partial charge in [0.05, 0.1) is 6.10 Å². The van der Waals surface area contributed by atoms with Crippen LogP contribution in [0.15, 0.2) is 12.2 Å². The maximum absolute atomic E-state index is 10.0. The summed E-state index contributed by atoms with van der Waals surface area (Å²) in [5.74, 6) is -0.902. The van der Waals surface area contributed by atoms with Crippen LogP contribution in [0.5, 0.6) is 0 Å². The van der Waals surface area contributed by atoms with Crippen LogP contribution in [-0.2, 0) is 9.53 Å². The van der Waals surface area contributed by atoms with E-state index in [1.165, 1.54) is 0 Å². The molecule has 3 nitrogen and oxygen atoms in total. The molecule has 0 aromatic carbocycles. The monoisotopic (exact) mass is 142 g/mol. The first-order chi connectivity index (χ1) is 4.79. The van der Waals surface area contributed by atoms with Crippen molar-refractivity contribution in [1.29, 1.82) is 0 Å². The van der Waals surface area contributed by atoms with E-state index in [4.69, 9.17) is 9.84 Å². The van der Waals surface area contributed by atoms with E-state index in [1.807, 2.05) is 12.2 Å². The van der Waals surface area contributed by atoms with Crippen LogP contribution < -0.4 is 0 Å². The molecule has 0 aromatic rings. The van der Waals surface area contributed by atoms with E-state index in [1.54, 1.807) is 0 Å². The second kappa shape index (κ2) is 3.37. The highest BCUT2D eigenvalue weighted by Gasteiger charge is 2.10. The van der Waals surface area contributed by atoms with Crippen molar-refractivity contribution in [1.82, 2.24) is 0 Å². The molecule has 1 N–H and O–H groups in total. The van der Waals surface area contributed by atoms with Crippen LogP contribution in [0.3, 0.4) is 0 Å². The van der Waals surface area contributed by atoms with Crippen LogP contribution in [0.1, 0.15) is 12.8 Å². The largest absolute Gasteiger partial charge is 0.480 e. The number of carboxylic acid groups (broad SMARTS) is 1. The number of hydrogen-bond acceptors (Lipinski definition) is 2. The number of ether oxygens (including phenoxy) is 1. The molecule has 0 heterocycles. The Morgan fingerprint density at radius 3 is 3.10 bits per heavy atom. The van der Waals surface area contributed by atoms with Crippen LogP contribution >= 0.6 is 0 Å². The van der Waals surface area contributed by atoms with Crippen molar-refractivity contribution in [3.63, 3.8) is 0 Å². The lowest BCUT2D eigenvalue weighted by molar-refractivity contribution is -0.143. The molecule has 0 radical (unpaired) electrons. The molecule has 0 bridgehead atoms.